The molecule has 0 radical (unpaired) electrons. The zero-order valence-corrected chi connectivity index (χ0v) is 27.2. The minimum atomic E-state index is -4.32. The Balaban J connectivity index is 1.79. The average Bonchev–Trinajstić information content (AvgIpc) is 3.06. The molecule has 0 spiro atoms. The lowest BCUT2D eigenvalue weighted by Gasteiger charge is -2.34. The predicted octanol–water partition coefficient (Wildman–Crippen LogP) is 5.89. The maximum atomic E-state index is 14.5. The maximum Gasteiger partial charge on any atom is 0.264 e. The molecule has 2 amide bonds. The quantitative estimate of drug-likeness (QED) is 0.163. The van der Waals surface area contributed by atoms with E-state index in [2.05, 4.69) is 5.32 Å². The molecule has 1 atom stereocenters. The van der Waals surface area contributed by atoms with Gasteiger partial charge in [0.15, 0.2) is 0 Å². The van der Waals surface area contributed by atoms with Gasteiger partial charge < -0.3 is 15.0 Å². The number of carbonyl (C=O) groups is 2. The fourth-order valence-electron chi connectivity index (χ4n) is 5.00. The highest BCUT2D eigenvalue weighted by Gasteiger charge is 2.34. The summed E-state index contributed by atoms with van der Waals surface area (Å²) >= 11 is 0. The first-order chi connectivity index (χ1) is 22.1. The van der Waals surface area contributed by atoms with Crippen LogP contribution in [-0.2, 0) is 32.6 Å². The summed E-state index contributed by atoms with van der Waals surface area (Å²) in [5.41, 5.74) is 2.71. The number of unbranched alkanes of at least 4 members (excludes halogenated alkanes) is 1. The number of aryl methyl sites for hydroxylation is 1. The van der Waals surface area contributed by atoms with Gasteiger partial charge in [-0.15, -0.1) is 0 Å². The second-order valence-corrected chi connectivity index (χ2v) is 12.9. The molecule has 0 aliphatic rings. The topological polar surface area (TPSA) is 96.0 Å². The van der Waals surface area contributed by atoms with Gasteiger partial charge in [-0.25, -0.2) is 12.8 Å². The highest BCUT2D eigenvalue weighted by Crippen LogP contribution is 2.26. The number of nitrogens with one attached hydrogen (secondary N) is 1. The minimum absolute atomic E-state index is 0.0209. The molecular weight excluding hydrogens is 605 g/mol. The van der Waals surface area contributed by atoms with Crippen LogP contribution in [0.15, 0.2) is 108 Å². The van der Waals surface area contributed by atoms with E-state index in [4.69, 9.17) is 4.74 Å². The molecule has 0 unspecified atom stereocenters. The zero-order valence-electron chi connectivity index (χ0n) is 26.4. The molecular formula is C36H40FN3O5S. The molecule has 46 heavy (non-hydrogen) atoms. The summed E-state index contributed by atoms with van der Waals surface area (Å²) in [4.78, 5) is 29.6. The van der Waals surface area contributed by atoms with Gasteiger partial charge in [0.05, 0.1) is 17.7 Å². The lowest BCUT2D eigenvalue weighted by Crippen LogP contribution is -2.53. The molecule has 10 heteroatoms. The second-order valence-electron chi connectivity index (χ2n) is 11.0. The number of nitrogens with zero attached hydrogens (tertiary/aromatic N) is 2. The van der Waals surface area contributed by atoms with Crippen molar-refractivity contribution in [2.24, 2.45) is 0 Å². The summed E-state index contributed by atoms with van der Waals surface area (Å²) < 4.78 is 48.2. The molecule has 242 valence electrons. The number of methoxy groups -OCH3 is 1. The van der Waals surface area contributed by atoms with Crippen LogP contribution in [0.5, 0.6) is 5.75 Å². The Bertz CT molecular complexity index is 1700. The first-order valence-electron chi connectivity index (χ1n) is 15.2. The van der Waals surface area contributed by atoms with Crippen LogP contribution in [0.2, 0.25) is 0 Å². The van der Waals surface area contributed by atoms with Gasteiger partial charge in [-0.3, -0.25) is 13.9 Å². The Kier molecular flexibility index (Phi) is 11.9. The van der Waals surface area contributed by atoms with Crippen LogP contribution in [-0.4, -0.2) is 51.4 Å². The Hall–Kier alpha value is -4.70. The highest BCUT2D eigenvalue weighted by molar-refractivity contribution is 7.92. The van der Waals surface area contributed by atoms with Crippen molar-refractivity contribution in [1.82, 2.24) is 10.2 Å². The van der Waals surface area contributed by atoms with Gasteiger partial charge in [-0.2, -0.15) is 0 Å². The lowest BCUT2D eigenvalue weighted by molar-refractivity contribution is -0.140. The molecule has 4 aromatic rings. The molecule has 0 heterocycles. The van der Waals surface area contributed by atoms with Crippen molar-refractivity contribution in [2.75, 3.05) is 24.5 Å². The summed E-state index contributed by atoms with van der Waals surface area (Å²) in [7, 11) is -2.78. The van der Waals surface area contributed by atoms with Crippen LogP contribution in [0.4, 0.5) is 10.1 Å². The number of amides is 2. The molecule has 8 nitrogen and oxygen atoms in total. The minimum Gasteiger partial charge on any atom is -0.497 e. The number of carbonyl (C=O) groups excluding carboxylic acids is 2. The molecule has 4 rings (SSSR count). The van der Waals surface area contributed by atoms with E-state index in [9.17, 15) is 22.4 Å². The van der Waals surface area contributed by atoms with E-state index >= 15 is 0 Å². The molecule has 0 fully saturated rings. The lowest BCUT2D eigenvalue weighted by atomic mass is 10.0. The van der Waals surface area contributed by atoms with Crippen molar-refractivity contribution >= 4 is 27.5 Å². The summed E-state index contributed by atoms with van der Waals surface area (Å²) in [5.74, 6) is -0.922. The summed E-state index contributed by atoms with van der Waals surface area (Å²) in [6.45, 7) is 3.76. The third kappa shape index (κ3) is 8.94. The number of ether oxygens (including phenoxy) is 1. The van der Waals surface area contributed by atoms with Crippen LogP contribution < -0.4 is 14.4 Å². The molecule has 0 aliphatic heterocycles. The van der Waals surface area contributed by atoms with Gasteiger partial charge >= 0.3 is 0 Å². The Morgan fingerprint density at radius 3 is 2.22 bits per heavy atom. The molecule has 4 aromatic carbocycles. The van der Waals surface area contributed by atoms with Crippen LogP contribution in [0.25, 0.3) is 0 Å². The van der Waals surface area contributed by atoms with E-state index in [-0.39, 0.29) is 29.5 Å². The van der Waals surface area contributed by atoms with Gasteiger partial charge in [0.1, 0.15) is 24.2 Å². The standard InChI is InChI=1S/C36H40FN3O5S/c1-4-5-22-38-36(42)34(24-28-10-7-6-8-11-28)39(25-29-12-9-13-32(23-29)45-3)35(41)26-40(31-18-14-27(2)15-19-31)46(43,44)33-20-16-30(37)17-21-33/h6-21,23,34H,4-5,22,24-26H2,1-3H3,(H,38,42)/t34-/m0/s1. The Morgan fingerprint density at radius 1 is 0.891 bits per heavy atom. The third-order valence-electron chi connectivity index (χ3n) is 7.59. The number of sulfonamides is 1. The molecule has 0 aromatic heterocycles. The normalized spacial score (nSPS) is 11.8. The van der Waals surface area contributed by atoms with Crippen molar-refractivity contribution in [3.8, 4) is 5.75 Å². The van der Waals surface area contributed by atoms with E-state index in [0.29, 0.717) is 17.9 Å². The fraction of sp³-hybridized carbons (Fsp3) is 0.278. The van der Waals surface area contributed by atoms with Gasteiger partial charge in [0.25, 0.3) is 10.0 Å². The van der Waals surface area contributed by atoms with Crippen molar-refractivity contribution in [3.63, 3.8) is 0 Å². The maximum absolute atomic E-state index is 14.5. The van der Waals surface area contributed by atoms with Crippen LogP contribution in [0.1, 0.15) is 36.5 Å². The number of rotatable bonds is 15. The van der Waals surface area contributed by atoms with Crippen LogP contribution >= 0.6 is 0 Å². The largest absolute Gasteiger partial charge is 0.497 e. The smallest absolute Gasteiger partial charge is 0.264 e. The predicted molar refractivity (Wildman–Crippen MR) is 178 cm³/mol. The second kappa shape index (κ2) is 16.0. The third-order valence-corrected chi connectivity index (χ3v) is 9.38. The average molecular weight is 646 g/mol. The summed E-state index contributed by atoms with van der Waals surface area (Å²) in [6.07, 6.45) is 1.86. The van der Waals surface area contributed by atoms with E-state index in [0.717, 1.165) is 40.4 Å². The number of anilines is 1. The number of hydrogen-bond donors (Lipinski definition) is 1. The van der Waals surface area contributed by atoms with Crippen molar-refractivity contribution in [1.29, 1.82) is 0 Å². The van der Waals surface area contributed by atoms with E-state index in [1.54, 1.807) is 49.6 Å². The van der Waals surface area contributed by atoms with Gasteiger partial charge in [-0.05, 0) is 73.0 Å². The van der Waals surface area contributed by atoms with Crippen molar-refractivity contribution < 1.29 is 27.1 Å². The number of hydrogen-bond acceptors (Lipinski definition) is 5. The first-order valence-corrected chi connectivity index (χ1v) is 16.7. The van der Waals surface area contributed by atoms with Gasteiger partial charge in [-0.1, -0.05) is 73.5 Å². The fourth-order valence-corrected chi connectivity index (χ4v) is 6.42. The Labute approximate surface area is 270 Å². The molecule has 0 saturated carbocycles. The molecule has 0 bridgehead atoms. The van der Waals surface area contributed by atoms with E-state index in [1.807, 2.05) is 50.2 Å². The number of benzene rings is 4. The van der Waals surface area contributed by atoms with Gasteiger partial charge in [0.2, 0.25) is 11.8 Å². The van der Waals surface area contributed by atoms with Crippen molar-refractivity contribution in [3.05, 3.63) is 126 Å². The molecule has 0 aliphatic carbocycles. The SMILES string of the molecule is CCCCNC(=O)[C@H](Cc1ccccc1)N(Cc1cccc(OC)c1)C(=O)CN(c1ccc(C)cc1)S(=O)(=O)c1ccc(F)cc1. The molecule has 1 N–H and O–H groups in total. The number of halogens is 1. The molecule has 0 saturated heterocycles. The first kappa shape index (κ1) is 34.2. The zero-order chi connectivity index (χ0) is 33.1. The van der Waals surface area contributed by atoms with E-state index in [1.165, 1.54) is 17.0 Å². The summed E-state index contributed by atoms with van der Waals surface area (Å²) in [6, 6.07) is 26.8. The van der Waals surface area contributed by atoms with Gasteiger partial charge in [0, 0.05) is 19.5 Å². The van der Waals surface area contributed by atoms with Crippen LogP contribution in [0.3, 0.4) is 0 Å². The Morgan fingerprint density at radius 2 is 1.57 bits per heavy atom. The summed E-state index contributed by atoms with van der Waals surface area (Å²) in [5, 5.41) is 2.98. The highest BCUT2D eigenvalue weighted by atomic mass is 32.2. The monoisotopic (exact) mass is 645 g/mol. The van der Waals surface area contributed by atoms with Crippen molar-refractivity contribution in [2.45, 2.75) is 50.6 Å². The van der Waals surface area contributed by atoms with Crippen LogP contribution in [0, 0.1) is 12.7 Å². The van der Waals surface area contributed by atoms with E-state index < -0.39 is 34.3 Å².